The first kappa shape index (κ1) is 20.2. The lowest BCUT2D eigenvalue weighted by molar-refractivity contribution is -0.136. The van der Waals surface area contributed by atoms with Crippen LogP contribution in [0.4, 0.5) is 0 Å². The molecule has 0 bridgehead atoms. The van der Waals surface area contributed by atoms with Crippen LogP contribution in [0.2, 0.25) is 5.02 Å². The Kier molecular flexibility index (Phi) is 5.36. The summed E-state index contributed by atoms with van der Waals surface area (Å²) in [5, 5.41) is 0.447. The second-order valence-electron chi connectivity index (χ2n) is 6.48. The second kappa shape index (κ2) is 7.97. The van der Waals surface area contributed by atoms with Crippen molar-refractivity contribution < 1.29 is 18.7 Å². The summed E-state index contributed by atoms with van der Waals surface area (Å²) in [5.74, 6) is 0.450. The number of hydrogen-bond acceptors (Lipinski definition) is 7. The van der Waals surface area contributed by atoms with E-state index in [9.17, 15) is 9.59 Å². The van der Waals surface area contributed by atoms with E-state index in [0.717, 1.165) is 0 Å². The molecule has 1 aliphatic heterocycles. The molecule has 154 valence electrons. The molecule has 0 unspecified atom stereocenters. The number of hydrogen-bond donors (Lipinski definition) is 0. The number of fused-ring (bicyclic) bond motifs is 1. The summed E-state index contributed by atoms with van der Waals surface area (Å²) in [6.45, 7) is 1.71. The third-order valence-electron chi connectivity index (χ3n) is 4.73. The van der Waals surface area contributed by atoms with Crippen LogP contribution in [0.1, 0.15) is 24.3 Å². The Hall–Kier alpha value is -3.10. The fraction of sp³-hybridized carbons (Fsp3) is 0.190. The van der Waals surface area contributed by atoms with Crippen molar-refractivity contribution in [2.75, 3.05) is 14.2 Å². The minimum atomic E-state index is -0.805. The van der Waals surface area contributed by atoms with E-state index in [1.807, 2.05) is 0 Å². The largest absolute Gasteiger partial charge is 0.496 e. The molecular formula is C21H17ClN2O5S. The van der Waals surface area contributed by atoms with E-state index in [0.29, 0.717) is 37.1 Å². The molecule has 1 aromatic carbocycles. The smallest absolute Gasteiger partial charge is 0.338 e. The Balaban J connectivity index is 2.05. The number of carbonyl (C=O) groups is 1. The summed E-state index contributed by atoms with van der Waals surface area (Å²) in [7, 11) is 2.80. The SMILES string of the molecule is COC(=O)C1=C(C)N=c2s/c(=C\c3ccco3)c(=O)n2[C@@H]1c1cc(Cl)ccc1OC. The maximum absolute atomic E-state index is 13.4. The van der Waals surface area contributed by atoms with E-state index < -0.39 is 12.0 Å². The van der Waals surface area contributed by atoms with Gasteiger partial charge >= 0.3 is 5.97 Å². The van der Waals surface area contributed by atoms with Gasteiger partial charge in [-0.15, -0.1) is 0 Å². The number of benzene rings is 1. The van der Waals surface area contributed by atoms with Crippen molar-refractivity contribution >= 4 is 35.0 Å². The van der Waals surface area contributed by atoms with Crippen molar-refractivity contribution in [2.24, 2.45) is 4.99 Å². The summed E-state index contributed by atoms with van der Waals surface area (Å²) >= 11 is 7.45. The molecule has 1 atom stereocenters. The maximum Gasteiger partial charge on any atom is 0.338 e. The number of thiazole rings is 1. The molecule has 0 saturated heterocycles. The van der Waals surface area contributed by atoms with Crippen molar-refractivity contribution in [3.05, 3.63) is 83.9 Å². The molecular weight excluding hydrogens is 428 g/mol. The average Bonchev–Trinajstić information content (AvgIpc) is 3.35. The molecule has 7 nitrogen and oxygen atoms in total. The van der Waals surface area contributed by atoms with Gasteiger partial charge in [0.1, 0.15) is 17.6 Å². The van der Waals surface area contributed by atoms with Gasteiger partial charge in [-0.25, -0.2) is 9.79 Å². The Morgan fingerprint density at radius 1 is 1.33 bits per heavy atom. The van der Waals surface area contributed by atoms with Gasteiger partial charge in [0.2, 0.25) is 0 Å². The van der Waals surface area contributed by atoms with Crippen LogP contribution in [0, 0.1) is 0 Å². The molecule has 0 spiro atoms. The van der Waals surface area contributed by atoms with Crippen molar-refractivity contribution in [1.82, 2.24) is 4.57 Å². The normalized spacial score (nSPS) is 16.3. The summed E-state index contributed by atoms with van der Waals surface area (Å²) in [6, 6.07) is 7.74. The lowest BCUT2D eigenvalue weighted by atomic mass is 9.95. The van der Waals surface area contributed by atoms with Gasteiger partial charge in [0, 0.05) is 16.7 Å². The lowest BCUT2D eigenvalue weighted by Crippen LogP contribution is -2.40. The van der Waals surface area contributed by atoms with Crippen molar-refractivity contribution in [3.63, 3.8) is 0 Å². The number of furan rings is 1. The van der Waals surface area contributed by atoms with Crippen LogP contribution < -0.4 is 19.6 Å². The number of aromatic nitrogens is 1. The predicted octanol–water partition coefficient (Wildman–Crippen LogP) is 2.66. The Morgan fingerprint density at radius 2 is 2.13 bits per heavy atom. The lowest BCUT2D eigenvalue weighted by Gasteiger charge is -2.25. The zero-order chi connectivity index (χ0) is 21.4. The molecule has 3 aromatic rings. The van der Waals surface area contributed by atoms with E-state index in [1.165, 1.54) is 36.4 Å². The number of nitrogens with zero attached hydrogens (tertiary/aromatic N) is 2. The van der Waals surface area contributed by atoms with Crippen LogP contribution in [-0.2, 0) is 9.53 Å². The zero-order valence-electron chi connectivity index (χ0n) is 16.3. The monoisotopic (exact) mass is 444 g/mol. The number of rotatable bonds is 4. The van der Waals surface area contributed by atoms with Gasteiger partial charge in [0.25, 0.3) is 5.56 Å². The third-order valence-corrected chi connectivity index (χ3v) is 5.95. The van der Waals surface area contributed by atoms with Crippen LogP contribution in [0.15, 0.2) is 62.1 Å². The number of allylic oxidation sites excluding steroid dienone is 1. The standard InChI is InChI=1S/C21H17ClN2O5S/c1-11-17(20(26)28-3)18(14-9-12(22)6-7-15(14)27-2)24-19(25)16(30-21(24)23-11)10-13-5-4-8-29-13/h4-10,18H,1-3H3/b16-10-/t18-/m1/s1. The van der Waals surface area contributed by atoms with Gasteiger partial charge < -0.3 is 13.9 Å². The summed E-state index contributed by atoms with van der Waals surface area (Å²) in [5.41, 5.74) is 0.955. The number of esters is 1. The highest BCUT2D eigenvalue weighted by molar-refractivity contribution is 7.07. The molecule has 30 heavy (non-hydrogen) atoms. The van der Waals surface area contributed by atoms with Crippen LogP contribution in [-0.4, -0.2) is 24.8 Å². The van der Waals surface area contributed by atoms with Gasteiger partial charge in [-0.2, -0.15) is 0 Å². The zero-order valence-corrected chi connectivity index (χ0v) is 17.9. The number of carbonyl (C=O) groups excluding carboxylic acids is 1. The van der Waals surface area contributed by atoms with Crippen LogP contribution in [0.25, 0.3) is 6.08 Å². The molecule has 4 rings (SSSR count). The molecule has 9 heteroatoms. The van der Waals surface area contributed by atoms with E-state index in [-0.39, 0.29) is 11.1 Å². The molecule has 0 saturated carbocycles. The summed E-state index contributed by atoms with van der Waals surface area (Å²) < 4.78 is 17.7. The third kappa shape index (κ3) is 3.38. The highest BCUT2D eigenvalue weighted by Crippen LogP contribution is 2.37. The van der Waals surface area contributed by atoms with E-state index >= 15 is 0 Å². The quantitative estimate of drug-likeness (QED) is 0.578. The highest BCUT2D eigenvalue weighted by Gasteiger charge is 2.35. The first-order valence-electron chi connectivity index (χ1n) is 8.92. The first-order chi connectivity index (χ1) is 14.4. The summed E-state index contributed by atoms with van der Waals surface area (Å²) in [6.07, 6.45) is 3.18. The number of ether oxygens (including phenoxy) is 2. The molecule has 1 aliphatic rings. The van der Waals surface area contributed by atoms with Crippen molar-refractivity contribution in [2.45, 2.75) is 13.0 Å². The molecule has 0 aliphatic carbocycles. The van der Waals surface area contributed by atoms with E-state index in [2.05, 4.69) is 4.99 Å². The molecule has 2 aromatic heterocycles. The maximum atomic E-state index is 13.4. The highest BCUT2D eigenvalue weighted by atomic mass is 35.5. The fourth-order valence-electron chi connectivity index (χ4n) is 3.41. The van der Waals surface area contributed by atoms with Gasteiger partial charge in [-0.05, 0) is 37.3 Å². The molecule has 0 N–H and O–H groups in total. The van der Waals surface area contributed by atoms with Crippen LogP contribution in [0.5, 0.6) is 5.75 Å². The minimum absolute atomic E-state index is 0.245. The minimum Gasteiger partial charge on any atom is -0.496 e. The Bertz CT molecular complexity index is 1330. The summed E-state index contributed by atoms with van der Waals surface area (Å²) in [4.78, 5) is 31.0. The number of halogens is 1. The topological polar surface area (TPSA) is 83.0 Å². The molecule has 0 amide bonds. The first-order valence-corrected chi connectivity index (χ1v) is 10.1. The van der Waals surface area contributed by atoms with E-state index in [4.69, 9.17) is 25.5 Å². The van der Waals surface area contributed by atoms with E-state index in [1.54, 1.807) is 43.3 Å². The molecule has 0 radical (unpaired) electrons. The average molecular weight is 445 g/mol. The molecule has 0 fully saturated rings. The van der Waals surface area contributed by atoms with Crippen LogP contribution in [0.3, 0.4) is 0 Å². The van der Waals surface area contributed by atoms with Gasteiger partial charge in [0.15, 0.2) is 4.80 Å². The van der Waals surface area contributed by atoms with Crippen LogP contribution >= 0.6 is 22.9 Å². The van der Waals surface area contributed by atoms with Gasteiger partial charge in [0.05, 0.1) is 36.3 Å². The van der Waals surface area contributed by atoms with Crippen molar-refractivity contribution in [1.29, 1.82) is 0 Å². The Morgan fingerprint density at radius 3 is 2.80 bits per heavy atom. The number of methoxy groups -OCH3 is 2. The van der Waals surface area contributed by atoms with Gasteiger partial charge in [-0.1, -0.05) is 22.9 Å². The molecule has 3 heterocycles. The Labute approximate surface area is 180 Å². The van der Waals surface area contributed by atoms with Gasteiger partial charge in [-0.3, -0.25) is 9.36 Å². The fourth-order valence-corrected chi connectivity index (χ4v) is 4.62. The van der Waals surface area contributed by atoms with Crippen molar-refractivity contribution in [3.8, 4) is 5.75 Å². The second-order valence-corrected chi connectivity index (χ2v) is 7.92. The predicted molar refractivity (Wildman–Crippen MR) is 112 cm³/mol.